The quantitative estimate of drug-likeness (QED) is 0.523. The molecule has 0 aromatic heterocycles. The molecule has 2 rings (SSSR count). The molecule has 1 atom stereocenters. The lowest BCUT2D eigenvalue weighted by atomic mass is 10.0. The van der Waals surface area contributed by atoms with Crippen molar-refractivity contribution in [1.29, 1.82) is 0 Å². The SMILES string of the molecule is COc1ccc(C(Cl)c2ccccc2I)c(OC)c1OC. The van der Waals surface area contributed by atoms with E-state index in [1.807, 2.05) is 36.4 Å². The Morgan fingerprint density at radius 3 is 2.10 bits per heavy atom. The second-order valence-electron chi connectivity index (χ2n) is 4.31. The minimum Gasteiger partial charge on any atom is -0.493 e. The maximum absolute atomic E-state index is 6.66. The maximum atomic E-state index is 6.66. The fraction of sp³-hybridized carbons (Fsp3) is 0.250. The van der Waals surface area contributed by atoms with Gasteiger partial charge in [-0.15, -0.1) is 11.6 Å². The van der Waals surface area contributed by atoms with E-state index in [0.29, 0.717) is 17.2 Å². The largest absolute Gasteiger partial charge is 0.493 e. The van der Waals surface area contributed by atoms with Gasteiger partial charge in [-0.1, -0.05) is 18.2 Å². The highest BCUT2D eigenvalue weighted by molar-refractivity contribution is 14.1. The Morgan fingerprint density at radius 1 is 0.857 bits per heavy atom. The molecule has 112 valence electrons. The Bertz CT molecular complexity index is 631. The number of hydrogen-bond donors (Lipinski definition) is 0. The van der Waals surface area contributed by atoms with E-state index < -0.39 is 0 Å². The minimum absolute atomic E-state index is 0.326. The van der Waals surface area contributed by atoms with Gasteiger partial charge in [0, 0.05) is 9.13 Å². The predicted octanol–water partition coefficient (Wildman–Crippen LogP) is 4.65. The van der Waals surface area contributed by atoms with Gasteiger partial charge in [0.25, 0.3) is 0 Å². The Kier molecular flexibility index (Phi) is 5.58. The second-order valence-corrected chi connectivity index (χ2v) is 5.91. The molecule has 0 aliphatic rings. The molecule has 2 aromatic carbocycles. The van der Waals surface area contributed by atoms with Gasteiger partial charge in [0.2, 0.25) is 5.75 Å². The molecule has 0 aliphatic heterocycles. The van der Waals surface area contributed by atoms with Crippen molar-refractivity contribution in [2.45, 2.75) is 5.38 Å². The zero-order valence-corrected chi connectivity index (χ0v) is 14.9. The average molecular weight is 419 g/mol. The van der Waals surface area contributed by atoms with Gasteiger partial charge in [0.15, 0.2) is 11.5 Å². The smallest absolute Gasteiger partial charge is 0.203 e. The van der Waals surface area contributed by atoms with Crippen LogP contribution in [-0.2, 0) is 0 Å². The Labute approximate surface area is 143 Å². The van der Waals surface area contributed by atoms with Crippen molar-refractivity contribution in [1.82, 2.24) is 0 Å². The van der Waals surface area contributed by atoms with Crippen LogP contribution >= 0.6 is 34.2 Å². The predicted molar refractivity (Wildman–Crippen MR) is 93.0 cm³/mol. The summed E-state index contributed by atoms with van der Waals surface area (Å²) < 4.78 is 17.3. The Hall–Kier alpha value is -1.14. The van der Waals surface area contributed by atoms with E-state index in [2.05, 4.69) is 22.6 Å². The summed E-state index contributed by atoms with van der Waals surface area (Å²) in [5.41, 5.74) is 1.88. The Morgan fingerprint density at radius 2 is 1.52 bits per heavy atom. The highest BCUT2D eigenvalue weighted by atomic mass is 127. The number of benzene rings is 2. The first-order valence-electron chi connectivity index (χ1n) is 6.31. The molecule has 0 spiro atoms. The molecule has 5 heteroatoms. The number of rotatable bonds is 5. The lowest BCUT2D eigenvalue weighted by Gasteiger charge is -2.19. The number of halogens is 2. The van der Waals surface area contributed by atoms with Crippen LogP contribution in [0.25, 0.3) is 0 Å². The zero-order chi connectivity index (χ0) is 15.4. The lowest BCUT2D eigenvalue weighted by Crippen LogP contribution is -2.02. The van der Waals surface area contributed by atoms with Gasteiger partial charge < -0.3 is 14.2 Å². The van der Waals surface area contributed by atoms with Crippen molar-refractivity contribution in [3.8, 4) is 17.2 Å². The molecule has 2 aromatic rings. The van der Waals surface area contributed by atoms with Gasteiger partial charge in [-0.3, -0.25) is 0 Å². The van der Waals surface area contributed by atoms with Gasteiger partial charge in [-0.2, -0.15) is 0 Å². The van der Waals surface area contributed by atoms with Crippen LogP contribution in [0, 0.1) is 3.57 Å². The molecule has 0 N–H and O–H groups in total. The van der Waals surface area contributed by atoms with Crippen molar-refractivity contribution in [3.63, 3.8) is 0 Å². The summed E-state index contributed by atoms with van der Waals surface area (Å²) in [5.74, 6) is 1.76. The summed E-state index contributed by atoms with van der Waals surface area (Å²) in [4.78, 5) is 0. The van der Waals surface area contributed by atoms with E-state index in [1.54, 1.807) is 21.3 Å². The van der Waals surface area contributed by atoms with E-state index in [0.717, 1.165) is 14.7 Å². The van der Waals surface area contributed by atoms with Crippen LogP contribution in [-0.4, -0.2) is 21.3 Å². The molecule has 0 heterocycles. The molecular weight excluding hydrogens is 403 g/mol. The monoisotopic (exact) mass is 418 g/mol. The van der Waals surface area contributed by atoms with Crippen LogP contribution in [0.4, 0.5) is 0 Å². The normalized spacial score (nSPS) is 11.9. The first kappa shape index (κ1) is 16.2. The molecule has 0 fully saturated rings. The molecule has 0 amide bonds. The summed E-state index contributed by atoms with van der Waals surface area (Å²) in [6, 6.07) is 11.7. The maximum Gasteiger partial charge on any atom is 0.203 e. The second kappa shape index (κ2) is 7.22. The van der Waals surface area contributed by atoms with Crippen LogP contribution in [0.1, 0.15) is 16.5 Å². The van der Waals surface area contributed by atoms with E-state index in [4.69, 9.17) is 25.8 Å². The molecule has 0 aliphatic carbocycles. The number of ether oxygens (including phenoxy) is 3. The standard InChI is InChI=1S/C16H16ClIO3/c1-19-13-9-8-11(15(20-2)16(13)21-3)14(17)10-6-4-5-7-12(10)18/h4-9,14H,1-3H3. The molecule has 0 bridgehead atoms. The van der Waals surface area contributed by atoms with Crippen molar-refractivity contribution >= 4 is 34.2 Å². The van der Waals surface area contributed by atoms with Crippen LogP contribution < -0.4 is 14.2 Å². The Balaban J connectivity index is 2.56. The third-order valence-corrected chi connectivity index (χ3v) is 4.64. The molecule has 21 heavy (non-hydrogen) atoms. The summed E-state index contributed by atoms with van der Waals surface area (Å²) in [7, 11) is 4.77. The van der Waals surface area contributed by atoms with Crippen LogP contribution in [0.3, 0.4) is 0 Å². The van der Waals surface area contributed by atoms with Gasteiger partial charge >= 0.3 is 0 Å². The van der Waals surface area contributed by atoms with Gasteiger partial charge in [0.05, 0.1) is 26.7 Å². The molecular formula is C16H16ClIO3. The van der Waals surface area contributed by atoms with E-state index in [1.165, 1.54) is 0 Å². The highest BCUT2D eigenvalue weighted by Gasteiger charge is 2.23. The summed E-state index contributed by atoms with van der Waals surface area (Å²) in [6.45, 7) is 0. The summed E-state index contributed by atoms with van der Waals surface area (Å²) in [5, 5.41) is -0.326. The average Bonchev–Trinajstić information content (AvgIpc) is 2.52. The van der Waals surface area contributed by atoms with Crippen LogP contribution in [0.15, 0.2) is 36.4 Å². The third-order valence-electron chi connectivity index (χ3n) is 3.19. The lowest BCUT2D eigenvalue weighted by molar-refractivity contribution is 0.322. The first-order chi connectivity index (χ1) is 10.1. The van der Waals surface area contributed by atoms with Gasteiger partial charge in [-0.05, 0) is 46.4 Å². The van der Waals surface area contributed by atoms with Crippen molar-refractivity contribution < 1.29 is 14.2 Å². The highest BCUT2D eigenvalue weighted by Crippen LogP contribution is 2.45. The topological polar surface area (TPSA) is 27.7 Å². The van der Waals surface area contributed by atoms with Crippen molar-refractivity contribution in [3.05, 3.63) is 51.1 Å². The minimum atomic E-state index is -0.326. The van der Waals surface area contributed by atoms with Crippen LogP contribution in [0.5, 0.6) is 17.2 Å². The summed E-state index contributed by atoms with van der Waals surface area (Å²) >= 11 is 8.94. The van der Waals surface area contributed by atoms with Crippen LogP contribution in [0.2, 0.25) is 0 Å². The molecule has 0 radical (unpaired) electrons. The number of hydrogen-bond acceptors (Lipinski definition) is 3. The van der Waals surface area contributed by atoms with Gasteiger partial charge in [-0.25, -0.2) is 0 Å². The van der Waals surface area contributed by atoms with E-state index in [-0.39, 0.29) is 5.38 Å². The third kappa shape index (κ3) is 3.21. The number of alkyl halides is 1. The number of methoxy groups -OCH3 is 3. The van der Waals surface area contributed by atoms with Crippen molar-refractivity contribution in [2.75, 3.05) is 21.3 Å². The fourth-order valence-corrected chi connectivity index (χ4v) is 3.42. The van der Waals surface area contributed by atoms with Gasteiger partial charge in [0.1, 0.15) is 0 Å². The zero-order valence-electron chi connectivity index (χ0n) is 12.0. The molecule has 0 saturated heterocycles. The summed E-state index contributed by atoms with van der Waals surface area (Å²) in [6.07, 6.45) is 0. The molecule has 1 unspecified atom stereocenters. The molecule has 3 nitrogen and oxygen atoms in total. The van der Waals surface area contributed by atoms with Crippen molar-refractivity contribution in [2.24, 2.45) is 0 Å². The first-order valence-corrected chi connectivity index (χ1v) is 7.82. The fourth-order valence-electron chi connectivity index (χ4n) is 2.17. The van der Waals surface area contributed by atoms with E-state index in [9.17, 15) is 0 Å². The van der Waals surface area contributed by atoms with E-state index >= 15 is 0 Å². The molecule has 0 saturated carbocycles.